The first kappa shape index (κ1) is 12.0. The van der Waals surface area contributed by atoms with Crippen LogP contribution >= 0.6 is 0 Å². The van der Waals surface area contributed by atoms with E-state index in [2.05, 4.69) is 10.6 Å². The smallest absolute Gasteiger partial charge is 0.168 e. The van der Waals surface area contributed by atoms with Gasteiger partial charge in [-0.1, -0.05) is 6.42 Å². The summed E-state index contributed by atoms with van der Waals surface area (Å²) in [6.07, 6.45) is 3.18. The van der Waals surface area contributed by atoms with Crippen LogP contribution in [0.4, 0.5) is 10.1 Å². The summed E-state index contributed by atoms with van der Waals surface area (Å²) >= 11 is 0. The number of halogens is 1. The number of rotatable bonds is 4. The Morgan fingerprint density at radius 1 is 1.35 bits per heavy atom. The van der Waals surface area contributed by atoms with Gasteiger partial charge in [-0.05, 0) is 43.7 Å². The minimum Gasteiger partial charge on any atom is -0.378 e. The van der Waals surface area contributed by atoms with E-state index in [4.69, 9.17) is 0 Å². The molecule has 1 aliphatic heterocycles. The van der Waals surface area contributed by atoms with Crippen LogP contribution in [0.5, 0.6) is 0 Å². The highest BCUT2D eigenvalue weighted by atomic mass is 19.1. The predicted octanol–water partition coefficient (Wildman–Crippen LogP) is 1.95. The summed E-state index contributed by atoms with van der Waals surface area (Å²) < 4.78 is 12.7. The first-order chi connectivity index (χ1) is 8.25. The SMILES string of the molecule is O=C(CNc1ccc(F)cc1)C1CCCCN1. The van der Waals surface area contributed by atoms with E-state index in [1.165, 1.54) is 12.1 Å². The lowest BCUT2D eigenvalue weighted by Crippen LogP contribution is -2.42. The van der Waals surface area contributed by atoms with Crippen LogP contribution < -0.4 is 10.6 Å². The Kier molecular flexibility index (Phi) is 4.09. The first-order valence-electron chi connectivity index (χ1n) is 6.01. The number of nitrogens with one attached hydrogen (secondary N) is 2. The first-order valence-corrected chi connectivity index (χ1v) is 6.01. The molecular formula is C13H17FN2O. The van der Waals surface area contributed by atoms with Crippen LogP contribution in [0.15, 0.2) is 24.3 Å². The maximum absolute atomic E-state index is 12.7. The third-order valence-electron chi connectivity index (χ3n) is 3.01. The van der Waals surface area contributed by atoms with Crippen LogP contribution in [0.25, 0.3) is 0 Å². The lowest BCUT2D eigenvalue weighted by atomic mass is 10.0. The van der Waals surface area contributed by atoms with Gasteiger partial charge in [-0.2, -0.15) is 0 Å². The normalized spacial score (nSPS) is 19.9. The Hall–Kier alpha value is -1.42. The molecule has 1 fully saturated rings. The van der Waals surface area contributed by atoms with Gasteiger partial charge in [0.15, 0.2) is 5.78 Å². The maximum atomic E-state index is 12.7. The van der Waals surface area contributed by atoms with Gasteiger partial charge in [0.05, 0.1) is 12.6 Å². The van der Waals surface area contributed by atoms with Crippen LogP contribution in [0.2, 0.25) is 0 Å². The van der Waals surface area contributed by atoms with Gasteiger partial charge < -0.3 is 10.6 Å². The minimum atomic E-state index is -0.268. The van der Waals surface area contributed by atoms with E-state index in [1.807, 2.05) is 0 Å². The largest absolute Gasteiger partial charge is 0.378 e. The Balaban J connectivity index is 1.81. The van der Waals surface area contributed by atoms with Gasteiger partial charge in [0, 0.05) is 5.69 Å². The monoisotopic (exact) mass is 236 g/mol. The second kappa shape index (κ2) is 5.77. The molecule has 0 radical (unpaired) electrons. The molecule has 2 N–H and O–H groups in total. The molecule has 4 heteroatoms. The van der Waals surface area contributed by atoms with E-state index >= 15 is 0 Å². The van der Waals surface area contributed by atoms with E-state index in [0.29, 0.717) is 6.54 Å². The molecule has 1 heterocycles. The zero-order chi connectivity index (χ0) is 12.1. The van der Waals surface area contributed by atoms with Crippen molar-refractivity contribution in [3.63, 3.8) is 0 Å². The van der Waals surface area contributed by atoms with Gasteiger partial charge in [-0.3, -0.25) is 4.79 Å². The van der Waals surface area contributed by atoms with Crippen molar-refractivity contribution >= 4 is 11.5 Å². The summed E-state index contributed by atoms with van der Waals surface area (Å²) in [5.74, 6) is -0.0927. The van der Waals surface area contributed by atoms with Crippen molar-refractivity contribution < 1.29 is 9.18 Å². The van der Waals surface area contributed by atoms with Crippen molar-refractivity contribution in [3.05, 3.63) is 30.1 Å². The number of hydrogen-bond donors (Lipinski definition) is 2. The highest BCUT2D eigenvalue weighted by Crippen LogP contribution is 2.10. The van der Waals surface area contributed by atoms with E-state index < -0.39 is 0 Å². The molecule has 1 aromatic carbocycles. The minimum absolute atomic E-state index is 0.0169. The highest BCUT2D eigenvalue weighted by molar-refractivity contribution is 5.87. The summed E-state index contributed by atoms with van der Waals surface area (Å²) in [5, 5.41) is 6.23. The summed E-state index contributed by atoms with van der Waals surface area (Å²) in [6, 6.07) is 6.02. The molecule has 1 aromatic rings. The van der Waals surface area contributed by atoms with Crippen molar-refractivity contribution in [2.24, 2.45) is 0 Å². The van der Waals surface area contributed by atoms with Crippen molar-refractivity contribution in [3.8, 4) is 0 Å². The van der Waals surface area contributed by atoms with Crippen molar-refractivity contribution in [1.29, 1.82) is 0 Å². The summed E-state index contributed by atoms with van der Waals surface area (Å²) in [6.45, 7) is 1.22. The van der Waals surface area contributed by atoms with E-state index in [-0.39, 0.29) is 17.6 Å². The highest BCUT2D eigenvalue weighted by Gasteiger charge is 2.19. The molecule has 17 heavy (non-hydrogen) atoms. The van der Waals surface area contributed by atoms with Crippen LogP contribution in [0.3, 0.4) is 0 Å². The molecule has 0 bridgehead atoms. The standard InChI is InChI=1S/C13H17FN2O/c14-10-4-6-11(7-5-10)16-9-13(17)12-3-1-2-8-15-12/h4-7,12,15-16H,1-3,8-9H2. The molecule has 0 aliphatic carbocycles. The maximum Gasteiger partial charge on any atom is 0.168 e. The zero-order valence-corrected chi connectivity index (χ0v) is 9.71. The number of ketones is 1. The Bertz CT molecular complexity index is 372. The van der Waals surface area contributed by atoms with Gasteiger partial charge in [0.1, 0.15) is 5.82 Å². The fraction of sp³-hybridized carbons (Fsp3) is 0.462. The molecule has 2 rings (SSSR count). The Labute approximate surface area is 100 Å². The second-order valence-corrected chi connectivity index (χ2v) is 4.33. The second-order valence-electron chi connectivity index (χ2n) is 4.33. The number of carbonyl (C=O) groups is 1. The van der Waals surface area contributed by atoms with Crippen molar-refractivity contribution in [1.82, 2.24) is 5.32 Å². The number of hydrogen-bond acceptors (Lipinski definition) is 3. The van der Waals surface area contributed by atoms with Gasteiger partial charge in [-0.25, -0.2) is 4.39 Å². The Morgan fingerprint density at radius 3 is 2.76 bits per heavy atom. The average Bonchev–Trinajstić information content (AvgIpc) is 2.39. The van der Waals surface area contributed by atoms with Crippen LogP contribution in [0.1, 0.15) is 19.3 Å². The lowest BCUT2D eigenvalue weighted by Gasteiger charge is -2.22. The summed E-state index contributed by atoms with van der Waals surface area (Å²) in [4.78, 5) is 11.8. The number of Topliss-reactive ketones (excluding diaryl/α,β-unsaturated/α-hetero) is 1. The number of carbonyl (C=O) groups excluding carboxylic acids is 1. The third-order valence-corrected chi connectivity index (χ3v) is 3.01. The number of piperidine rings is 1. The number of anilines is 1. The molecule has 1 saturated heterocycles. The molecule has 1 unspecified atom stereocenters. The van der Waals surface area contributed by atoms with Crippen molar-refractivity contribution in [2.75, 3.05) is 18.4 Å². The zero-order valence-electron chi connectivity index (χ0n) is 9.71. The van der Waals surface area contributed by atoms with Crippen LogP contribution in [-0.4, -0.2) is 24.9 Å². The molecule has 1 aliphatic rings. The van der Waals surface area contributed by atoms with Crippen LogP contribution in [-0.2, 0) is 4.79 Å². The molecule has 0 spiro atoms. The average molecular weight is 236 g/mol. The van der Waals surface area contributed by atoms with E-state index in [9.17, 15) is 9.18 Å². The summed E-state index contributed by atoms with van der Waals surface area (Å²) in [7, 11) is 0. The molecular weight excluding hydrogens is 219 g/mol. The fourth-order valence-electron chi connectivity index (χ4n) is 2.01. The summed E-state index contributed by atoms with van der Waals surface area (Å²) in [5.41, 5.74) is 0.774. The van der Waals surface area contributed by atoms with E-state index in [0.717, 1.165) is 31.5 Å². The van der Waals surface area contributed by atoms with Gasteiger partial charge in [-0.15, -0.1) is 0 Å². The number of benzene rings is 1. The van der Waals surface area contributed by atoms with Gasteiger partial charge >= 0.3 is 0 Å². The Morgan fingerprint density at radius 2 is 2.12 bits per heavy atom. The molecule has 1 atom stereocenters. The quantitative estimate of drug-likeness (QED) is 0.839. The molecule has 0 aromatic heterocycles. The molecule has 0 amide bonds. The molecule has 92 valence electrons. The lowest BCUT2D eigenvalue weighted by molar-refractivity contribution is -0.119. The molecule has 0 saturated carbocycles. The van der Waals surface area contributed by atoms with Crippen molar-refractivity contribution in [2.45, 2.75) is 25.3 Å². The topological polar surface area (TPSA) is 41.1 Å². The predicted molar refractivity (Wildman–Crippen MR) is 65.5 cm³/mol. The fourth-order valence-corrected chi connectivity index (χ4v) is 2.01. The van der Waals surface area contributed by atoms with Gasteiger partial charge in [0.2, 0.25) is 0 Å². The molecule has 3 nitrogen and oxygen atoms in total. The van der Waals surface area contributed by atoms with Crippen LogP contribution in [0, 0.1) is 5.82 Å². The van der Waals surface area contributed by atoms with E-state index in [1.54, 1.807) is 12.1 Å². The third kappa shape index (κ3) is 3.53. The van der Waals surface area contributed by atoms with Gasteiger partial charge in [0.25, 0.3) is 0 Å².